The van der Waals surface area contributed by atoms with E-state index in [0.717, 1.165) is 55.8 Å². The quantitative estimate of drug-likeness (QED) is 0.786. The third kappa shape index (κ3) is 2.93. The molecule has 1 aromatic rings. The number of ether oxygens (including phenoxy) is 1. The SMILES string of the molecule is CCCOCC1CCN(C(=O)c2cccc3c2CCC3=O)C1. The zero-order valence-corrected chi connectivity index (χ0v) is 13.1. The van der Waals surface area contributed by atoms with Gasteiger partial charge in [-0.3, -0.25) is 9.59 Å². The molecule has 0 N–H and O–H groups in total. The summed E-state index contributed by atoms with van der Waals surface area (Å²) in [6.07, 6.45) is 3.27. The molecule has 1 aliphatic carbocycles. The van der Waals surface area contributed by atoms with Crippen LogP contribution in [0.5, 0.6) is 0 Å². The molecule has 4 nitrogen and oxygen atoms in total. The number of rotatable bonds is 5. The minimum Gasteiger partial charge on any atom is -0.381 e. The molecule has 1 unspecified atom stereocenters. The summed E-state index contributed by atoms with van der Waals surface area (Å²) in [4.78, 5) is 26.5. The van der Waals surface area contributed by atoms with E-state index in [1.54, 1.807) is 0 Å². The first-order valence-corrected chi connectivity index (χ1v) is 8.22. The van der Waals surface area contributed by atoms with Crippen molar-refractivity contribution in [2.75, 3.05) is 26.3 Å². The van der Waals surface area contributed by atoms with Gasteiger partial charge in [-0.2, -0.15) is 0 Å². The van der Waals surface area contributed by atoms with Gasteiger partial charge in [-0.05, 0) is 30.9 Å². The predicted molar refractivity (Wildman–Crippen MR) is 84.2 cm³/mol. The van der Waals surface area contributed by atoms with Crippen molar-refractivity contribution in [3.63, 3.8) is 0 Å². The number of carbonyl (C=O) groups excluding carboxylic acids is 2. The van der Waals surface area contributed by atoms with Gasteiger partial charge in [0.25, 0.3) is 5.91 Å². The maximum atomic E-state index is 12.8. The number of Topliss-reactive ketones (excluding diaryl/α,β-unsaturated/α-hetero) is 1. The molecule has 0 radical (unpaired) electrons. The minimum atomic E-state index is 0.0736. The largest absolute Gasteiger partial charge is 0.381 e. The van der Waals surface area contributed by atoms with Crippen molar-refractivity contribution in [1.82, 2.24) is 4.90 Å². The van der Waals surface area contributed by atoms with Crippen LogP contribution >= 0.6 is 0 Å². The van der Waals surface area contributed by atoms with Crippen molar-refractivity contribution in [1.29, 1.82) is 0 Å². The predicted octanol–water partition coefficient (Wildman–Crippen LogP) is 2.70. The number of likely N-dealkylation sites (tertiary alicyclic amines) is 1. The summed E-state index contributed by atoms with van der Waals surface area (Å²) in [5.41, 5.74) is 2.41. The topological polar surface area (TPSA) is 46.6 Å². The smallest absolute Gasteiger partial charge is 0.254 e. The molecule has 0 spiro atoms. The van der Waals surface area contributed by atoms with Crippen molar-refractivity contribution in [3.8, 4) is 0 Å². The number of benzene rings is 1. The maximum Gasteiger partial charge on any atom is 0.254 e. The third-order valence-electron chi connectivity index (χ3n) is 4.58. The average molecular weight is 301 g/mol. The molecule has 1 amide bonds. The third-order valence-corrected chi connectivity index (χ3v) is 4.58. The fourth-order valence-electron chi connectivity index (χ4n) is 3.41. The van der Waals surface area contributed by atoms with Gasteiger partial charge >= 0.3 is 0 Å². The number of fused-ring (bicyclic) bond motifs is 1. The van der Waals surface area contributed by atoms with Gasteiger partial charge in [0.15, 0.2) is 5.78 Å². The lowest BCUT2D eigenvalue weighted by Gasteiger charge is -2.18. The normalized spacial score (nSPS) is 20.5. The number of amides is 1. The van der Waals surface area contributed by atoms with E-state index < -0.39 is 0 Å². The average Bonchev–Trinajstić information content (AvgIpc) is 3.14. The van der Waals surface area contributed by atoms with E-state index in [2.05, 4.69) is 6.92 Å². The number of hydrogen-bond acceptors (Lipinski definition) is 3. The van der Waals surface area contributed by atoms with Crippen LogP contribution in [-0.2, 0) is 11.2 Å². The highest BCUT2D eigenvalue weighted by Gasteiger charge is 2.30. The molecule has 3 rings (SSSR count). The molecule has 1 atom stereocenters. The van der Waals surface area contributed by atoms with Gasteiger partial charge in [0.2, 0.25) is 0 Å². The number of ketones is 1. The van der Waals surface area contributed by atoms with E-state index in [1.807, 2.05) is 23.1 Å². The van der Waals surface area contributed by atoms with Gasteiger partial charge in [-0.1, -0.05) is 19.1 Å². The highest BCUT2D eigenvalue weighted by molar-refractivity contribution is 6.05. The van der Waals surface area contributed by atoms with Gasteiger partial charge < -0.3 is 9.64 Å². The van der Waals surface area contributed by atoms with Crippen LogP contribution < -0.4 is 0 Å². The van der Waals surface area contributed by atoms with Gasteiger partial charge in [-0.25, -0.2) is 0 Å². The molecule has 22 heavy (non-hydrogen) atoms. The lowest BCUT2D eigenvalue weighted by atomic mass is 10.0. The van der Waals surface area contributed by atoms with Crippen LogP contribution in [-0.4, -0.2) is 42.9 Å². The van der Waals surface area contributed by atoms with Gasteiger partial charge in [-0.15, -0.1) is 0 Å². The summed E-state index contributed by atoms with van der Waals surface area (Å²) in [7, 11) is 0. The van der Waals surface area contributed by atoms with Crippen LogP contribution in [0.1, 0.15) is 52.5 Å². The van der Waals surface area contributed by atoms with Crippen molar-refractivity contribution < 1.29 is 14.3 Å². The number of nitrogens with zero attached hydrogens (tertiary/aromatic N) is 1. The second kappa shape index (κ2) is 6.61. The highest BCUT2D eigenvalue weighted by Crippen LogP contribution is 2.28. The Bertz CT molecular complexity index is 582. The Morgan fingerprint density at radius 2 is 2.23 bits per heavy atom. The number of carbonyl (C=O) groups is 2. The Balaban J connectivity index is 1.67. The first-order chi connectivity index (χ1) is 10.7. The number of hydrogen-bond donors (Lipinski definition) is 0. The van der Waals surface area contributed by atoms with Crippen molar-refractivity contribution >= 4 is 11.7 Å². The lowest BCUT2D eigenvalue weighted by molar-refractivity contribution is 0.0753. The van der Waals surface area contributed by atoms with Crippen LogP contribution in [0.25, 0.3) is 0 Å². The molecule has 1 aliphatic heterocycles. The fourth-order valence-corrected chi connectivity index (χ4v) is 3.41. The van der Waals surface area contributed by atoms with E-state index in [4.69, 9.17) is 4.74 Å². The summed E-state index contributed by atoms with van der Waals surface area (Å²) < 4.78 is 5.61. The summed E-state index contributed by atoms with van der Waals surface area (Å²) >= 11 is 0. The molecular formula is C18H23NO3. The highest BCUT2D eigenvalue weighted by atomic mass is 16.5. The monoisotopic (exact) mass is 301 g/mol. The zero-order chi connectivity index (χ0) is 15.5. The molecule has 0 bridgehead atoms. The summed E-state index contributed by atoms with van der Waals surface area (Å²) in [6, 6.07) is 5.53. The molecule has 1 fully saturated rings. The van der Waals surface area contributed by atoms with Crippen molar-refractivity contribution in [2.24, 2.45) is 5.92 Å². The van der Waals surface area contributed by atoms with Crippen LogP contribution in [0.15, 0.2) is 18.2 Å². The summed E-state index contributed by atoms with van der Waals surface area (Å²) in [6.45, 7) is 5.18. The maximum absolute atomic E-state index is 12.8. The van der Waals surface area contributed by atoms with Gasteiger partial charge in [0, 0.05) is 43.2 Å². The molecule has 118 valence electrons. The van der Waals surface area contributed by atoms with E-state index in [1.165, 1.54) is 0 Å². The van der Waals surface area contributed by atoms with Gasteiger partial charge in [0.05, 0.1) is 6.61 Å². The Hall–Kier alpha value is -1.68. The van der Waals surface area contributed by atoms with E-state index in [9.17, 15) is 9.59 Å². The molecule has 1 aromatic carbocycles. The van der Waals surface area contributed by atoms with E-state index in [-0.39, 0.29) is 11.7 Å². The lowest BCUT2D eigenvalue weighted by Crippen LogP contribution is -2.30. The Labute approximate surface area is 131 Å². The summed E-state index contributed by atoms with van der Waals surface area (Å²) in [5, 5.41) is 0. The standard InChI is InChI=1S/C18H23NO3/c1-2-10-22-12-13-8-9-19(11-13)18(21)16-5-3-4-15-14(16)6-7-17(15)20/h3-5,13H,2,6-12H2,1H3. The minimum absolute atomic E-state index is 0.0736. The molecular weight excluding hydrogens is 278 g/mol. The van der Waals surface area contributed by atoms with Crippen LogP contribution in [0, 0.1) is 5.92 Å². The Morgan fingerprint density at radius 3 is 3.05 bits per heavy atom. The van der Waals surface area contributed by atoms with Gasteiger partial charge in [0.1, 0.15) is 0 Å². The first-order valence-electron chi connectivity index (χ1n) is 8.22. The zero-order valence-electron chi connectivity index (χ0n) is 13.1. The molecule has 1 saturated heterocycles. The van der Waals surface area contributed by atoms with Crippen LogP contribution in [0.3, 0.4) is 0 Å². The molecule has 1 heterocycles. The Kier molecular flexibility index (Phi) is 4.57. The molecule has 0 saturated carbocycles. The molecule has 2 aliphatic rings. The van der Waals surface area contributed by atoms with Crippen LogP contribution in [0.2, 0.25) is 0 Å². The van der Waals surface area contributed by atoms with E-state index in [0.29, 0.717) is 18.8 Å². The Morgan fingerprint density at radius 1 is 1.36 bits per heavy atom. The molecule has 4 heteroatoms. The van der Waals surface area contributed by atoms with Crippen molar-refractivity contribution in [3.05, 3.63) is 34.9 Å². The van der Waals surface area contributed by atoms with E-state index >= 15 is 0 Å². The second-order valence-electron chi connectivity index (χ2n) is 6.24. The van der Waals surface area contributed by atoms with Crippen LogP contribution in [0.4, 0.5) is 0 Å². The van der Waals surface area contributed by atoms with Crippen molar-refractivity contribution in [2.45, 2.75) is 32.6 Å². The summed E-state index contributed by atoms with van der Waals surface area (Å²) in [5.74, 6) is 0.676. The second-order valence-corrected chi connectivity index (χ2v) is 6.24. The fraction of sp³-hybridized carbons (Fsp3) is 0.556. The first kappa shape index (κ1) is 15.2. The molecule has 0 aromatic heterocycles.